The zero-order valence-corrected chi connectivity index (χ0v) is 9.34. The molecule has 0 aliphatic heterocycles. The van der Waals surface area contributed by atoms with Gasteiger partial charge in [-0.1, -0.05) is 33.1 Å². The lowest BCUT2D eigenvalue weighted by Gasteiger charge is -2.38. The molecule has 1 rings (SSSR count). The lowest BCUT2D eigenvalue weighted by Crippen LogP contribution is -2.29. The highest BCUT2D eigenvalue weighted by atomic mass is 16.3. The third kappa shape index (κ3) is 3.30. The molecule has 0 aromatic carbocycles. The maximum Gasteiger partial charge on any atom is 0.0517 e. The van der Waals surface area contributed by atoms with Gasteiger partial charge in [0.05, 0.1) is 6.10 Å². The third-order valence-electron chi connectivity index (χ3n) is 3.53. The van der Waals surface area contributed by atoms with Gasteiger partial charge in [0.15, 0.2) is 0 Å². The molecule has 13 heavy (non-hydrogen) atoms. The van der Waals surface area contributed by atoms with E-state index in [4.69, 9.17) is 0 Å². The van der Waals surface area contributed by atoms with E-state index in [9.17, 15) is 5.11 Å². The lowest BCUT2D eigenvalue weighted by molar-refractivity contribution is 0.0727. The van der Waals surface area contributed by atoms with Gasteiger partial charge in [-0.2, -0.15) is 0 Å². The fraction of sp³-hybridized carbons (Fsp3) is 1.00. The largest absolute Gasteiger partial charge is 0.393 e. The van der Waals surface area contributed by atoms with Gasteiger partial charge < -0.3 is 5.11 Å². The molecule has 1 aliphatic carbocycles. The quantitative estimate of drug-likeness (QED) is 0.713. The first-order valence-corrected chi connectivity index (χ1v) is 5.70. The number of hydrogen-bond donors (Lipinski definition) is 1. The van der Waals surface area contributed by atoms with E-state index in [-0.39, 0.29) is 6.10 Å². The van der Waals surface area contributed by atoms with E-state index in [0.29, 0.717) is 5.41 Å². The Morgan fingerprint density at radius 1 is 1.23 bits per heavy atom. The minimum absolute atomic E-state index is 0.142. The highest BCUT2D eigenvalue weighted by molar-refractivity contribution is 4.82. The zero-order chi connectivity index (χ0) is 9.90. The van der Waals surface area contributed by atoms with Gasteiger partial charge in [-0.25, -0.2) is 0 Å². The molecule has 1 saturated carbocycles. The van der Waals surface area contributed by atoms with Crippen LogP contribution in [0, 0.1) is 11.3 Å². The molecule has 0 heterocycles. The van der Waals surface area contributed by atoms with Crippen LogP contribution in [0.2, 0.25) is 0 Å². The highest BCUT2D eigenvalue weighted by Crippen LogP contribution is 2.41. The predicted octanol–water partition coefficient (Wildman–Crippen LogP) is 3.36. The molecule has 0 aromatic rings. The van der Waals surface area contributed by atoms with E-state index in [1.54, 1.807) is 0 Å². The maximum atomic E-state index is 9.42. The molecule has 1 nitrogen and oxygen atoms in total. The Morgan fingerprint density at radius 2 is 1.77 bits per heavy atom. The summed E-state index contributed by atoms with van der Waals surface area (Å²) < 4.78 is 0. The van der Waals surface area contributed by atoms with E-state index < -0.39 is 0 Å². The van der Waals surface area contributed by atoms with E-state index >= 15 is 0 Å². The average Bonchev–Trinajstić information content (AvgIpc) is 2.04. The fourth-order valence-electron chi connectivity index (χ4n) is 2.81. The van der Waals surface area contributed by atoms with Crippen molar-refractivity contribution in [1.29, 1.82) is 0 Å². The first-order chi connectivity index (χ1) is 6.02. The van der Waals surface area contributed by atoms with Crippen LogP contribution in [0.25, 0.3) is 0 Å². The van der Waals surface area contributed by atoms with Crippen LogP contribution in [-0.2, 0) is 0 Å². The Bertz CT molecular complexity index is 143. The van der Waals surface area contributed by atoms with Crippen LogP contribution in [0.4, 0.5) is 0 Å². The van der Waals surface area contributed by atoms with E-state index in [0.717, 1.165) is 12.3 Å². The smallest absolute Gasteiger partial charge is 0.0517 e. The summed E-state index contributed by atoms with van der Waals surface area (Å²) in [6.45, 7) is 6.54. The van der Waals surface area contributed by atoms with Crippen LogP contribution in [-0.4, -0.2) is 11.2 Å². The molecule has 1 N–H and O–H groups in total. The first kappa shape index (κ1) is 11.0. The molecule has 0 amide bonds. The summed E-state index contributed by atoms with van der Waals surface area (Å²) in [7, 11) is 0. The topological polar surface area (TPSA) is 20.2 Å². The van der Waals surface area contributed by atoms with Crippen molar-refractivity contribution in [2.24, 2.45) is 11.3 Å². The molecule has 0 radical (unpaired) electrons. The number of hydrogen-bond acceptors (Lipinski definition) is 1. The molecule has 1 fully saturated rings. The summed E-state index contributed by atoms with van der Waals surface area (Å²) in [6, 6.07) is 0. The van der Waals surface area contributed by atoms with Gasteiger partial charge in [0, 0.05) is 0 Å². The number of aliphatic hydroxyl groups excluding tert-OH is 1. The Hall–Kier alpha value is -0.0400. The Labute approximate surface area is 82.5 Å². The summed E-state index contributed by atoms with van der Waals surface area (Å²) in [5, 5.41) is 9.42. The molecule has 0 spiro atoms. The molecule has 1 heteroatoms. The van der Waals surface area contributed by atoms with Crippen molar-refractivity contribution in [3.8, 4) is 0 Å². The highest BCUT2D eigenvalue weighted by Gasteiger charge is 2.31. The van der Waals surface area contributed by atoms with Crippen LogP contribution in [0.5, 0.6) is 0 Å². The maximum absolute atomic E-state index is 9.42. The van der Waals surface area contributed by atoms with Crippen molar-refractivity contribution in [2.75, 3.05) is 0 Å². The lowest BCUT2D eigenvalue weighted by atomic mass is 9.68. The average molecular weight is 184 g/mol. The first-order valence-electron chi connectivity index (χ1n) is 5.70. The van der Waals surface area contributed by atoms with Gasteiger partial charge in [-0.15, -0.1) is 0 Å². The monoisotopic (exact) mass is 184 g/mol. The predicted molar refractivity (Wildman–Crippen MR) is 56.7 cm³/mol. The van der Waals surface area contributed by atoms with Crippen molar-refractivity contribution >= 4 is 0 Å². The SMILES string of the molecule is CC(O)CC(C)(C)C1CCCCC1. The van der Waals surface area contributed by atoms with Crippen LogP contribution in [0.1, 0.15) is 59.3 Å². The van der Waals surface area contributed by atoms with Crippen molar-refractivity contribution < 1.29 is 5.11 Å². The molecule has 1 aliphatic rings. The molecule has 1 unspecified atom stereocenters. The molecular formula is C12H24O. The van der Waals surface area contributed by atoms with Crippen molar-refractivity contribution in [1.82, 2.24) is 0 Å². The summed E-state index contributed by atoms with van der Waals surface area (Å²) in [6.07, 6.45) is 7.78. The van der Waals surface area contributed by atoms with Crippen LogP contribution < -0.4 is 0 Å². The minimum atomic E-state index is -0.142. The number of rotatable bonds is 3. The van der Waals surface area contributed by atoms with Gasteiger partial charge in [-0.05, 0) is 37.5 Å². The van der Waals surface area contributed by atoms with Gasteiger partial charge >= 0.3 is 0 Å². The fourth-order valence-corrected chi connectivity index (χ4v) is 2.81. The molecular weight excluding hydrogens is 160 g/mol. The van der Waals surface area contributed by atoms with Crippen LogP contribution in [0.3, 0.4) is 0 Å². The van der Waals surface area contributed by atoms with Gasteiger partial charge in [-0.3, -0.25) is 0 Å². The third-order valence-corrected chi connectivity index (χ3v) is 3.53. The summed E-state index contributed by atoms with van der Waals surface area (Å²) in [5.41, 5.74) is 0.342. The summed E-state index contributed by atoms with van der Waals surface area (Å²) in [4.78, 5) is 0. The van der Waals surface area contributed by atoms with Crippen LogP contribution >= 0.6 is 0 Å². The van der Waals surface area contributed by atoms with Crippen molar-refractivity contribution in [3.63, 3.8) is 0 Å². The van der Waals surface area contributed by atoms with E-state index in [2.05, 4.69) is 13.8 Å². The molecule has 78 valence electrons. The minimum Gasteiger partial charge on any atom is -0.393 e. The second kappa shape index (κ2) is 4.45. The van der Waals surface area contributed by atoms with Crippen molar-refractivity contribution in [2.45, 2.75) is 65.4 Å². The van der Waals surface area contributed by atoms with Crippen molar-refractivity contribution in [3.05, 3.63) is 0 Å². The second-order valence-electron chi connectivity index (χ2n) is 5.38. The van der Waals surface area contributed by atoms with Gasteiger partial charge in [0.1, 0.15) is 0 Å². The zero-order valence-electron chi connectivity index (χ0n) is 9.34. The normalized spacial score (nSPS) is 23.1. The van der Waals surface area contributed by atoms with E-state index in [1.807, 2.05) is 6.92 Å². The second-order valence-corrected chi connectivity index (χ2v) is 5.38. The Balaban J connectivity index is 2.45. The Kier molecular flexibility index (Phi) is 3.78. The standard InChI is InChI=1S/C12H24O/c1-10(13)9-12(2,3)11-7-5-4-6-8-11/h10-11,13H,4-9H2,1-3H3. The van der Waals surface area contributed by atoms with E-state index in [1.165, 1.54) is 32.1 Å². The number of aliphatic hydroxyl groups is 1. The molecule has 0 saturated heterocycles. The van der Waals surface area contributed by atoms with Gasteiger partial charge in [0.2, 0.25) is 0 Å². The molecule has 0 aromatic heterocycles. The summed E-state index contributed by atoms with van der Waals surface area (Å²) >= 11 is 0. The Morgan fingerprint density at radius 3 is 2.23 bits per heavy atom. The van der Waals surface area contributed by atoms with Crippen LogP contribution in [0.15, 0.2) is 0 Å². The molecule has 0 bridgehead atoms. The summed E-state index contributed by atoms with van der Waals surface area (Å²) in [5.74, 6) is 0.843. The van der Waals surface area contributed by atoms with Gasteiger partial charge in [0.25, 0.3) is 0 Å². The molecule has 1 atom stereocenters.